The van der Waals surface area contributed by atoms with Crippen molar-refractivity contribution in [2.24, 2.45) is 11.5 Å². The SMILES string of the molecule is CCCN(CCCC(C)(N)C(N)=O)C(C)C. The molecule has 96 valence electrons. The lowest BCUT2D eigenvalue weighted by molar-refractivity contribution is -0.122. The maximum absolute atomic E-state index is 11.0. The van der Waals surface area contributed by atoms with Gasteiger partial charge in [0.25, 0.3) is 0 Å². The van der Waals surface area contributed by atoms with Crippen molar-refractivity contribution in [2.75, 3.05) is 13.1 Å². The number of carbonyl (C=O) groups is 1. The zero-order valence-corrected chi connectivity index (χ0v) is 11.1. The van der Waals surface area contributed by atoms with Gasteiger partial charge in [-0.2, -0.15) is 0 Å². The highest BCUT2D eigenvalue weighted by Gasteiger charge is 2.25. The molecule has 0 aliphatic rings. The van der Waals surface area contributed by atoms with Crippen LogP contribution >= 0.6 is 0 Å². The number of nitrogens with zero attached hydrogens (tertiary/aromatic N) is 1. The fraction of sp³-hybridized carbons (Fsp3) is 0.917. The van der Waals surface area contributed by atoms with Gasteiger partial charge in [0.2, 0.25) is 5.91 Å². The summed E-state index contributed by atoms with van der Waals surface area (Å²) in [7, 11) is 0. The quantitative estimate of drug-likeness (QED) is 0.654. The second-order valence-corrected chi connectivity index (χ2v) is 5.01. The van der Waals surface area contributed by atoms with Gasteiger partial charge in [-0.1, -0.05) is 6.92 Å². The Morgan fingerprint density at radius 3 is 2.31 bits per heavy atom. The summed E-state index contributed by atoms with van der Waals surface area (Å²) in [5.41, 5.74) is 10.2. The Kier molecular flexibility index (Phi) is 6.60. The summed E-state index contributed by atoms with van der Waals surface area (Å²) in [6, 6.07) is 0.539. The summed E-state index contributed by atoms with van der Waals surface area (Å²) < 4.78 is 0. The second kappa shape index (κ2) is 6.86. The maximum atomic E-state index is 11.0. The highest BCUT2D eigenvalue weighted by Crippen LogP contribution is 2.10. The van der Waals surface area contributed by atoms with Crippen molar-refractivity contribution in [1.82, 2.24) is 4.90 Å². The van der Waals surface area contributed by atoms with E-state index in [1.165, 1.54) is 0 Å². The van der Waals surface area contributed by atoms with Gasteiger partial charge in [0, 0.05) is 6.04 Å². The van der Waals surface area contributed by atoms with Gasteiger partial charge in [-0.3, -0.25) is 4.79 Å². The predicted octanol–water partition coefficient (Wildman–Crippen LogP) is 1.09. The molecular weight excluding hydrogens is 202 g/mol. The molecule has 0 aromatic heterocycles. The molecule has 0 spiro atoms. The van der Waals surface area contributed by atoms with Crippen LogP contribution in [-0.4, -0.2) is 35.5 Å². The standard InChI is InChI=1S/C12H27N3O/c1-5-8-15(10(2)3)9-6-7-12(4,14)11(13)16/h10H,5-9,14H2,1-4H3,(H2,13,16). The zero-order valence-electron chi connectivity index (χ0n) is 11.1. The number of hydrogen-bond donors (Lipinski definition) is 2. The predicted molar refractivity (Wildman–Crippen MR) is 68.0 cm³/mol. The van der Waals surface area contributed by atoms with Crippen molar-refractivity contribution in [3.63, 3.8) is 0 Å². The van der Waals surface area contributed by atoms with Crippen LogP contribution in [0, 0.1) is 0 Å². The third-order valence-electron chi connectivity index (χ3n) is 2.95. The fourth-order valence-electron chi connectivity index (χ4n) is 1.69. The molecule has 4 heteroatoms. The molecule has 0 aliphatic heterocycles. The third-order valence-corrected chi connectivity index (χ3v) is 2.95. The van der Waals surface area contributed by atoms with Crippen LogP contribution in [0.15, 0.2) is 0 Å². The van der Waals surface area contributed by atoms with Gasteiger partial charge in [-0.05, 0) is 53.1 Å². The number of primary amides is 1. The van der Waals surface area contributed by atoms with Crippen LogP contribution in [-0.2, 0) is 4.79 Å². The van der Waals surface area contributed by atoms with E-state index in [-0.39, 0.29) is 0 Å². The minimum Gasteiger partial charge on any atom is -0.368 e. The van der Waals surface area contributed by atoms with Crippen molar-refractivity contribution in [3.05, 3.63) is 0 Å². The van der Waals surface area contributed by atoms with E-state index in [9.17, 15) is 4.79 Å². The highest BCUT2D eigenvalue weighted by atomic mass is 16.1. The molecule has 4 nitrogen and oxygen atoms in total. The third kappa shape index (κ3) is 5.47. The van der Waals surface area contributed by atoms with Gasteiger partial charge in [-0.15, -0.1) is 0 Å². The molecule has 0 rings (SSSR count). The molecule has 1 amide bonds. The Balaban J connectivity index is 3.99. The summed E-state index contributed by atoms with van der Waals surface area (Å²) in [5, 5.41) is 0. The monoisotopic (exact) mass is 229 g/mol. The van der Waals surface area contributed by atoms with E-state index < -0.39 is 11.4 Å². The Morgan fingerprint density at radius 1 is 1.38 bits per heavy atom. The summed E-state index contributed by atoms with van der Waals surface area (Å²) in [6.07, 6.45) is 2.71. The molecule has 0 aliphatic carbocycles. The van der Waals surface area contributed by atoms with Gasteiger partial charge in [0.15, 0.2) is 0 Å². The van der Waals surface area contributed by atoms with E-state index in [2.05, 4.69) is 25.7 Å². The Bertz CT molecular complexity index is 214. The summed E-state index contributed by atoms with van der Waals surface area (Å²) in [5.74, 6) is -0.418. The lowest BCUT2D eigenvalue weighted by Crippen LogP contribution is -2.49. The first-order valence-corrected chi connectivity index (χ1v) is 6.14. The Hall–Kier alpha value is -0.610. The van der Waals surface area contributed by atoms with Gasteiger partial charge in [-0.25, -0.2) is 0 Å². The minimum atomic E-state index is -0.866. The number of carbonyl (C=O) groups excluding carboxylic acids is 1. The van der Waals surface area contributed by atoms with Crippen molar-refractivity contribution < 1.29 is 4.79 Å². The van der Waals surface area contributed by atoms with Crippen LogP contribution in [0.5, 0.6) is 0 Å². The van der Waals surface area contributed by atoms with Crippen LogP contribution in [0.4, 0.5) is 0 Å². The molecular formula is C12H27N3O. The number of nitrogens with two attached hydrogens (primary N) is 2. The van der Waals surface area contributed by atoms with E-state index in [0.717, 1.165) is 25.9 Å². The lowest BCUT2D eigenvalue weighted by Gasteiger charge is -2.27. The van der Waals surface area contributed by atoms with E-state index in [4.69, 9.17) is 11.5 Å². The Morgan fingerprint density at radius 2 is 1.94 bits per heavy atom. The largest absolute Gasteiger partial charge is 0.368 e. The molecule has 0 saturated carbocycles. The van der Waals surface area contributed by atoms with Crippen LogP contribution in [0.3, 0.4) is 0 Å². The second-order valence-electron chi connectivity index (χ2n) is 5.01. The summed E-state index contributed by atoms with van der Waals surface area (Å²) in [6.45, 7) is 10.3. The van der Waals surface area contributed by atoms with Gasteiger partial charge >= 0.3 is 0 Å². The van der Waals surface area contributed by atoms with E-state index in [1.54, 1.807) is 6.92 Å². The first-order valence-electron chi connectivity index (χ1n) is 6.14. The molecule has 0 radical (unpaired) electrons. The molecule has 0 aromatic carbocycles. The van der Waals surface area contributed by atoms with Gasteiger partial charge in [0.1, 0.15) is 0 Å². The maximum Gasteiger partial charge on any atom is 0.237 e. The van der Waals surface area contributed by atoms with Crippen LogP contribution in [0.2, 0.25) is 0 Å². The highest BCUT2D eigenvalue weighted by molar-refractivity contribution is 5.83. The number of rotatable bonds is 8. The van der Waals surface area contributed by atoms with Gasteiger partial charge < -0.3 is 16.4 Å². The van der Waals surface area contributed by atoms with Crippen molar-refractivity contribution >= 4 is 5.91 Å². The topological polar surface area (TPSA) is 72.3 Å². The average molecular weight is 229 g/mol. The van der Waals surface area contributed by atoms with Crippen LogP contribution < -0.4 is 11.5 Å². The first-order chi connectivity index (χ1) is 7.31. The lowest BCUT2D eigenvalue weighted by atomic mass is 9.96. The van der Waals surface area contributed by atoms with E-state index >= 15 is 0 Å². The van der Waals surface area contributed by atoms with Crippen molar-refractivity contribution in [2.45, 2.75) is 58.5 Å². The normalized spacial score (nSPS) is 15.4. The molecule has 0 saturated heterocycles. The molecule has 0 bridgehead atoms. The molecule has 0 fully saturated rings. The molecule has 0 aromatic rings. The van der Waals surface area contributed by atoms with Crippen molar-refractivity contribution in [1.29, 1.82) is 0 Å². The average Bonchev–Trinajstić information content (AvgIpc) is 2.15. The smallest absolute Gasteiger partial charge is 0.237 e. The Labute approximate surface area is 99.4 Å². The zero-order chi connectivity index (χ0) is 12.8. The molecule has 4 N–H and O–H groups in total. The number of amides is 1. The fourth-order valence-corrected chi connectivity index (χ4v) is 1.69. The molecule has 16 heavy (non-hydrogen) atoms. The minimum absolute atomic E-state index is 0.418. The molecule has 1 atom stereocenters. The first kappa shape index (κ1) is 15.4. The van der Waals surface area contributed by atoms with Crippen molar-refractivity contribution in [3.8, 4) is 0 Å². The van der Waals surface area contributed by atoms with Crippen LogP contribution in [0.1, 0.15) is 47.0 Å². The van der Waals surface area contributed by atoms with E-state index in [1.807, 2.05) is 0 Å². The van der Waals surface area contributed by atoms with Crippen LogP contribution in [0.25, 0.3) is 0 Å². The molecule has 0 heterocycles. The molecule has 1 unspecified atom stereocenters. The number of hydrogen-bond acceptors (Lipinski definition) is 3. The van der Waals surface area contributed by atoms with E-state index in [0.29, 0.717) is 12.5 Å². The van der Waals surface area contributed by atoms with Gasteiger partial charge in [0.05, 0.1) is 5.54 Å². The summed E-state index contributed by atoms with van der Waals surface area (Å²) >= 11 is 0. The summed E-state index contributed by atoms with van der Waals surface area (Å²) in [4.78, 5) is 13.4.